The fourth-order valence-electron chi connectivity index (χ4n) is 2.26. The molecule has 2 N–H and O–H groups in total. The van der Waals surface area contributed by atoms with E-state index in [1.807, 2.05) is 36.0 Å². The fraction of sp³-hybridized carbons (Fsp3) is 0.286. The molecule has 19 heavy (non-hydrogen) atoms. The van der Waals surface area contributed by atoms with Crippen molar-refractivity contribution in [2.75, 3.05) is 11.9 Å². The summed E-state index contributed by atoms with van der Waals surface area (Å²) < 4.78 is 1.89. The average Bonchev–Trinajstić information content (AvgIpc) is 3.03. The molecular weight excluding hydrogens is 240 g/mol. The van der Waals surface area contributed by atoms with Gasteiger partial charge in [0, 0.05) is 37.2 Å². The first-order valence-electron chi connectivity index (χ1n) is 6.35. The third-order valence-electron chi connectivity index (χ3n) is 3.41. The van der Waals surface area contributed by atoms with Crippen LogP contribution in [0.25, 0.3) is 0 Å². The molecule has 1 aromatic carbocycles. The molecule has 2 aromatic rings. The van der Waals surface area contributed by atoms with E-state index in [0.29, 0.717) is 12.1 Å². The number of imidazole rings is 1. The number of fused-ring (bicyclic) bond motifs is 1. The van der Waals surface area contributed by atoms with E-state index < -0.39 is 0 Å². The molecule has 0 saturated heterocycles. The summed E-state index contributed by atoms with van der Waals surface area (Å²) in [6, 6.07) is 5.81. The van der Waals surface area contributed by atoms with Crippen molar-refractivity contribution >= 4 is 11.6 Å². The molecule has 0 unspecified atom stereocenters. The number of hydrogen-bond donors (Lipinski definition) is 2. The van der Waals surface area contributed by atoms with Crippen molar-refractivity contribution < 1.29 is 4.79 Å². The predicted molar refractivity (Wildman–Crippen MR) is 73.0 cm³/mol. The van der Waals surface area contributed by atoms with Gasteiger partial charge in [0.25, 0.3) is 5.91 Å². The van der Waals surface area contributed by atoms with Gasteiger partial charge in [-0.1, -0.05) is 6.07 Å². The molecule has 0 atom stereocenters. The minimum absolute atomic E-state index is 0.0699. The Bertz CT molecular complexity index is 618. The summed E-state index contributed by atoms with van der Waals surface area (Å²) in [7, 11) is 1.91. The fourth-order valence-corrected chi connectivity index (χ4v) is 2.26. The Kier molecular flexibility index (Phi) is 2.95. The Labute approximate surface area is 111 Å². The smallest absolute Gasteiger partial charge is 0.251 e. The molecule has 5 heteroatoms. The highest BCUT2D eigenvalue weighted by Gasteiger charge is 2.13. The van der Waals surface area contributed by atoms with Gasteiger partial charge < -0.3 is 15.2 Å². The summed E-state index contributed by atoms with van der Waals surface area (Å²) in [5.74, 6) is 0.770. The van der Waals surface area contributed by atoms with Crippen LogP contribution < -0.4 is 10.6 Å². The second-order valence-electron chi connectivity index (χ2n) is 4.69. The molecule has 1 amide bonds. The molecule has 0 spiro atoms. The van der Waals surface area contributed by atoms with Gasteiger partial charge in [-0.2, -0.15) is 0 Å². The molecule has 0 saturated carbocycles. The number of aromatic nitrogens is 2. The van der Waals surface area contributed by atoms with Crippen molar-refractivity contribution in [3.8, 4) is 0 Å². The van der Waals surface area contributed by atoms with Gasteiger partial charge in [-0.3, -0.25) is 4.79 Å². The first kappa shape index (κ1) is 11.8. The monoisotopic (exact) mass is 256 g/mol. The van der Waals surface area contributed by atoms with Gasteiger partial charge in [-0.25, -0.2) is 4.98 Å². The van der Waals surface area contributed by atoms with Gasteiger partial charge >= 0.3 is 0 Å². The minimum atomic E-state index is -0.0699. The van der Waals surface area contributed by atoms with Crippen LogP contribution >= 0.6 is 0 Å². The highest BCUT2D eigenvalue weighted by Crippen LogP contribution is 2.23. The molecule has 1 aliphatic heterocycles. The van der Waals surface area contributed by atoms with Crippen molar-refractivity contribution in [1.82, 2.24) is 14.9 Å². The number of benzene rings is 1. The van der Waals surface area contributed by atoms with E-state index in [2.05, 4.69) is 15.6 Å². The zero-order valence-electron chi connectivity index (χ0n) is 10.8. The summed E-state index contributed by atoms with van der Waals surface area (Å²) in [4.78, 5) is 16.3. The van der Waals surface area contributed by atoms with Gasteiger partial charge in [0.2, 0.25) is 0 Å². The highest BCUT2D eigenvalue weighted by molar-refractivity contribution is 5.95. The molecular formula is C14H16N4O. The molecule has 0 aliphatic carbocycles. The van der Waals surface area contributed by atoms with E-state index in [4.69, 9.17) is 0 Å². The Morgan fingerprint density at radius 1 is 1.53 bits per heavy atom. The molecule has 1 aromatic heterocycles. The van der Waals surface area contributed by atoms with E-state index >= 15 is 0 Å². The first-order valence-corrected chi connectivity index (χ1v) is 6.35. The van der Waals surface area contributed by atoms with E-state index in [0.717, 1.165) is 24.5 Å². The lowest BCUT2D eigenvalue weighted by Crippen LogP contribution is -2.24. The highest BCUT2D eigenvalue weighted by atomic mass is 16.1. The van der Waals surface area contributed by atoms with Gasteiger partial charge in [-0.15, -0.1) is 0 Å². The zero-order chi connectivity index (χ0) is 13.2. The molecule has 2 heterocycles. The standard InChI is InChI=1S/C14H16N4O/c1-18-7-6-16-13(18)9-17-14(19)11-3-2-10-4-5-15-12(10)8-11/h2-3,6-8,15H,4-5,9H2,1H3,(H,17,19). The molecule has 98 valence electrons. The minimum Gasteiger partial charge on any atom is -0.384 e. The van der Waals surface area contributed by atoms with Crippen LogP contribution in [-0.4, -0.2) is 22.0 Å². The van der Waals surface area contributed by atoms with Crippen LogP contribution in [0.2, 0.25) is 0 Å². The topological polar surface area (TPSA) is 59.0 Å². The largest absolute Gasteiger partial charge is 0.384 e. The number of anilines is 1. The maximum atomic E-state index is 12.1. The van der Waals surface area contributed by atoms with Crippen molar-refractivity contribution in [2.45, 2.75) is 13.0 Å². The van der Waals surface area contributed by atoms with Crippen LogP contribution in [0.3, 0.4) is 0 Å². The number of nitrogens with zero attached hydrogens (tertiary/aromatic N) is 2. The number of hydrogen-bond acceptors (Lipinski definition) is 3. The second-order valence-corrected chi connectivity index (χ2v) is 4.69. The number of carbonyl (C=O) groups is 1. The third kappa shape index (κ3) is 2.31. The number of carbonyl (C=O) groups excluding carboxylic acids is 1. The number of aryl methyl sites for hydroxylation is 1. The lowest BCUT2D eigenvalue weighted by atomic mass is 10.1. The summed E-state index contributed by atoms with van der Waals surface area (Å²) >= 11 is 0. The maximum absolute atomic E-state index is 12.1. The summed E-state index contributed by atoms with van der Waals surface area (Å²) in [6.45, 7) is 1.39. The average molecular weight is 256 g/mol. The molecule has 3 rings (SSSR count). The number of nitrogens with one attached hydrogen (secondary N) is 2. The molecule has 0 radical (unpaired) electrons. The predicted octanol–water partition coefficient (Wildman–Crippen LogP) is 1.32. The molecule has 0 fully saturated rings. The maximum Gasteiger partial charge on any atom is 0.251 e. The van der Waals surface area contributed by atoms with Crippen LogP contribution in [0.4, 0.5) is 5.69 Å². The number of rotatable bonds is 3. The lowest BCUT2D eigenvalue weighted by molar-refractivity contribution is 0.0949. The Morgan fingerprint density at radius 2 is 2.42 bits per heavy atom. The van der Waals surface area contributed by atoms with Crippen LogP contribution in [0, 0.1) is 0 Å². The van der Waals surface area contributed by atoms with Crippen LogP contribution in [0.15, 0.2) is 30.6 Å². The van der Waals surface area contributed by atoms with Crippen molar-refractivity contribution in [3.63, 3.8) is 0 Å². The van der Waals surface area contributed by atoms with Crippen molar-refractivity contribution in [2.24, 2.45) is 7.05 Å². The third-order valence-corrected chi connectivity index (χ3v) is 3.41. The quantitative estimate of drug-likeness (QED) is 0.870. The van der Waals surface area contributed by atoms with Crippen molar-refractivity contribution in [3.05, 3.63) is 47.5 Å². The normalized spacial score (nSPS) is 12.9. The van der Waals surface area contributed by atoms with E-state index in [9.17, 15) is 4.79 Å². The summed E-state index contributed by atoms with van der Waals surface area (Å²) in [5.41, 5.74) is 3.03. The van der Waals surface area contributed by atoms with Gasteiger partial charge in [-0.05, 0) is 24.1 Å². The van der Waals surface area contributed by atoms with Gasteiger partial charge in [0.05, 0.1) is 6.54 Å². The van der Waals surface area contributed by atoms with Crippen molar-refractivity contribution in [1.29, 1.82) is 0 Å². The summed E-state index contributed by atoms with van der Waals surface area (Å²) in [6.07, 6.45) is 4.62. The summed E-state index contributed by atoms with van der Waals surface area (Å²) in [5, 5.41) is 6.16. The first-order chi connectivity index (χ1) is 9.24. The molecule has 0 bridgehead atoms. The van der Waals surface area contributed by atoms with Crippen LogP contribution in [0.1, 0.15) is 21.7 Å². The van der Waals surface area contributed by atoms with E-state index in [-0.39, 0.29) is 5.91 Å². The SMILES string of the molecule is Cn1ccnc1CNC(=O)c1ccc2c(c1)NCC2. The van der Waals surface area contributed by atoms with Crippen LogP contribution in [-0.2, 0) is 20.0 Å². The lowest BCUT2D eigenvalue weighted by Gasteiger charge is -2.07. The van der Waals surface area contributed by atoms with E-state index in [1.54, 1.807) is 6.20 Å². The number of amides is 1. The molecule has 1 aliphatic rings. The van der Waals surface area contributed by atoms with Crippen LogP contribution in [0.5, 0.6) is 0 Å². The Hall–Kier alpha value is -2.30. The second kappa shape index (κ2) is 4.76. The zero-order valence-corrected chi connectivity index (χ0v) is 10.8. The van der Waals surface area contributed by atoms with E-state index in [1.165, 1.54) is 5.56 Å². The molecule has 5 nitrogen and oxygen atoms in total. The Morgan fingerprint density at radius 3 is 3.21 bits per heavy atom. The Balaban J connectivity index is 1.69. The van der Waals surface area contributed by atoms with Gasteiger partial charge in [0.1, 0.15) is 5.82 Å². The van der Waals surface area contributed by atoms with Gasteiger partial charge in [0.15, 0.2) is 0 Å².